The number of morpholine rings is 1. The van der Waals surface area contributed by atoms with Crippen LogP contribution in [0.4, 0.5) is 4.79 Å². The molecular formula is C14H25N3O4. The van der Waals surface area contributed by atoms with Crippen LogP contribution in [0.25, 0.3) is 0 Å². The van der Waals surface area contributed by atoms with Crippen LogP contribution in [0.3, 0.4) is 0 Å². The molecule has 0 aromatic rings. The molecule has 1 unspecified atom stereocenters. The van der Waals surface area contributed by atoms with Crippen molar-refractivity contribution < 1.29 is 19.4 Å². The Morgan fingerprint density at radius 2 is 2.00 bits per heavy atom. The number of hydrogen-bond acceptors (Lipinski definition) is 4. The van der Waals surface area contributed by atoms with Gasteiger partial charge in [-0.25, -0.2) is 4.79 Å². The van der Waals surface area contributed by atoms with Gasteiger partial charge in [0.25, 0.3) is 0 Å². The third-order valence-electron chi connectivity index (χ3n) is 4.31. The highest BCUT2D eigenvalue weighted by Crippen LogP contribution is 2.29. The number of carbonyl (C=O) groups excluding carboxylic acids is 1. The number of rotatable bonds is 5. The monoisotopic (exact) mass is 299 g/mol. The number of hydrogen-bond donors (Lipinski definition) is 2. The van der Waals surface area contributed by atoms with Crippen LogP contribution in [0.5, 0.6) is 0 Å². The van der Waals surface area contributed by atoms with E-state index in [0.29, 0.717) is 19.5 Å². The topological polar surface area (TPSA) is 82.1 Å². The number of nitrogens with zero attached hydrogens (tertiary/aromatic N) is 2. The minimum Gasteiger partial charge on any atom is -0.481 e. The van der Waals surface area contributed by atoms with Crippen LogP contribution in [-0.2, 0) is 9.53 Å². The zero-order valence-corrected chi connectivity index (χ0v) is 12.6. The van der Waals surface area contributed by atoms with Gasteiger partial charge < -0.3 is 20.1 Å². The van der Waals surface area contributed by atoms with Gasteiger partial charge in [-0.3, -0.25) is 9.69 Å². The number of carboxylic acid groups (broad SMARTS) is 1. The number of likely N-dealkylation sites (tertiary alicyclic amines) is 1. The van der Waals surface area contributed by atoms with Crippen molar-refractivity contribution in [3.8, 4) is 0 Å². The molecule has 0 saturated carbocycles. The van der Waals surface area contributed by atoms with Crippen LogP contribution in [0.1, 0.15) is 19.8 Å². The van der Waals surface area contributed by atoms with Crippen LogP contribution >= 0.6 is 0 Å². The van der Waals surface area contributed by atoms with E-state index in [2.05, 4.69) is 10.2 Å². The molecule has 0 aliphatic carbocycles. The normalized spacial score (nSPS) is 26.8. The average molecular weight is 299 g/mol. The first kappa shape index (κ1) is 16.0. The van der Waals surface area contributed by atoms with Crippen LogP contribution < -0.4 is 5.32 Å². The maximum atomic E-state index is 12.0. The van der Waals surface area contributed by atoms with E-state index in [1.807, 2.05) is 0 Å². The van der Waals surface area contributed by atoms with Crippen LogP contribution in [-0.4, -0.2) is 79.4 Å². The van der Waals surface area contributed by atoms with Gasteiger partial charge in [0.2, 0.25) is 0 Å². The van der Waals surface area contributed by atoms with E-state index >= 15 is 0 Å². The largest absolute Gasteiger partial charge is 0.481 e. The molecule has 7 heteroatoms. The fourth-order valence-corrected chi connectivity index (χ4v) is 2.74. The van der Waals surface area contributed by atoms with Crippen LogP contribution in [0.15, 0.2) is 0 Å². The van der Waals surface area contributed by atoms with Gasteiger partial charge in [-0.2, -0.15) is 0 Å². The van der Waals surface area contributed by atoms with Crippen molar-refractivity contribution in [3.05, 3.63) is 0 Å². The summed E-state index contributed by atoms with van der Waals surface area (Å²) in [5, 5.41) is 12.0. The Morgan fingerprint density at radius 1 is 1.29 bits per heavy atom. The first-order valence-corrected chi connectivity index (χ1v) is 7.57. The molecule has 2 aliphatic heterocycles. The van der Waals surface area contributed by atoms with E-state index in [-0.39, 0.29) is 12.6 Å². The Hall–Kier alpha value is -1.34. The number of nitrogens with one attached hydrogen (secondary N) is 1. The molecule has 2 rings (SSSR count). The molecule has 0 radical (unpaired) electrons. The van der Waals surface area contributed by atoms with Crippen molar-refractivity contribution in [2.75, 3.05) is 52.5 Å². The molecule has 0 aromatic heterocycles. The maximum absolute atomic E-state index is 12.0. The molecular weight excluding hydrogens is 274 g/mol. The number of ether oxygens (including phenoxy) is 1. The Balaban J connectivity index is 1.63. The van der Waals surface area contributed by atoms with E-state index in [9.17, 15) is 9.59 Å². The van der Waals surface area contributed by atoms with Gasteiger partial charge in [-0.1, -0.05) is 0 Å². The average Bonchev–Trinajstić information content (AvgIpc) is 2.89. The van der Waals surface area contributed by atoms with Crippen LogP contribution in [0.2, 0.25) is 0 Å². The molecule has 120 valence electrons. The Bertz CT molecular complexity index is 384. The highest BCUT2D eigenvalue weighted by atomic mass is 16.5. The van der Waals surface area contributed by atoms with Gasteiger partial charge >= 0.3 is 12.0 Å². The molecule has 2 fully saturated rings. The second-order valence-electron chi connectivity index (χ2n) is 6.08. The van der Waals surface area contributed by atoms with Gasteiger partial charge in [0.05, 0.1) is 18.6 Å². The molecule has 7 nitrogen and oxygen atoms in total. The zero-order valence-electron chi connectivity index (χ0n) is 12.6. The van der Waals surface area contributed by atoms with Crippen LogP contribution in [0, 0.1) is 5.41 Å². The van der Waals surface area contributed by atoms with Crippen molar-refractivity contribution in [2.45, 2.75) is 19.8 Å². The molecule has 0 spiro atoms. The summed E-state index contributed by atoms with van der Waals surface area (Å²) < 4.78 is 5.28. The summed E-state index contributed by atoms with van der Waals surface area (Å²) in [6.07, 6.45) is 1.42. The van der Waals surface area contributed by atoms with Gasteiger partial charge in [0.15, 0.2) is 0 Å². The van der Waals surface area contributed by atoms with Crippen molar-refractivity contribution in [1.29, 1.82) is 0 Å². The van der Waals surface area contributed by atoms with Gasteiger partial charge in [0.1, 0.15) is 0 Å². The molecule has 2 saturated heterocycles. The lowest BCUT2D eigenvalue weighted by Gasteiger charge is -2.26. The van der Waals surface area contributed by atoms with E-state index in [1.165, 1.54) is 0 Å². The second-order valence-corrected chi connectivity index (χ2v) is 6.08. The van der Waals surface area contributed by atoms with Crippen molar-refractivity contribution in [3.63, 3.8) is 0 Å². The summed E-state index contributed by atoms with van der Waals surface area (Å²) >= 11 is 0. The number of urea groups is 1. The van der Waals surface area contributed by atoms with Crippen molar-refractivity contribution in [1.82, 2.24) is 15.1 Å². The van der Waals surface area contributed by atoms with Gasteiger partial charge in [-0.15, -0.1) is 0 Å². The highest BCUT2D eigenvalue weighted by Gasteiger charge is 2.42. The predicted octanol–water partition coefficient (Wildman–Crippen LogP) is 0.215. The van der Waals surface area contributed by atoms with Crippen molar-refractivity contribution in [2.24, 2.45) is 5.41 Å². The third kappa shape index (κ3) is 4.31. The Labute approximate surface area is 125 Å². The summed E-state index contributed by atoms with van der Waals surface area (Å²) in [7, 11) is 0. The zero-order chi connectivity index (χ0) is 15.3. The molecule has 1 atom stereocenters. The minimum atomic E-state index is -0.829. The summed E-state index contributed by atoms with van der Waals surface area (Å²) in [5.74, 6) is -0.829. The lowest BCUT2D eigenvalue weighted by atomic mass is 9.90. The second kappa shape index (κ2) is 7.09. The molecule has 2 N–H and O–H groups in total. The Morgan fingerprint density at radius 3 is 2.62 bits per heavy atom. The molecule has 2 amide bonds. The number of carbonyl (C=O) groups is 2. The lowest BCUT2D eigenvalue weighted by molar-refractivity contribution is -0.146. The fourth-order valence-electron chi connectivity index (χ4n) is 2.74. The van der Waals surface area contributed by atoms with E-state index in [0.717, 1.165) is 39.3 Å². The summed E-state index contributed by atoms with van der Waals surface area (Å²) in [6.45, 7) is 7.56. The minimum absolute atomic E-state index is 0.151. The summed E-state index contributed by atoms with van der Waals surface area (Å²) in [6, 6.07) is -0.151. The predicted molar refractivity (Wildman–Crippen MR) is 77.2 cm³/mol. The van der Waals surface area contributed by atoms with E-state index < -0.39 is 11.4 Å². The molecule has 2 heterocycles. The quantitative estimate of drug-likeness (QED) is 0.710. The third-order valence-corrected chi connectivity index (χ3v) is 4.31. The number of aliphatic carboxylic acids is 1. The standard InChI is InChI=1S/C14H25N3O4/c1-14(12(18)19)3-6-17(11-14)13(20)15-4-2-5-16-7-9-21-10-8-16/h2-11H2,1H3,(H,15,20)(H,18,19). The molecule has 0 aromatic carbocycles. The lowest BCUT2D eigenvalue weighted by Crippen LogP contribution is -2.42. The smallest absolute Gasteiger partial charge is 0.317 e. The number of amides is 2. The number of carboxylic acids is 1. The van der Waals surface area contributed by atoms with Crippen molar-refractivity contribution >= 4 is 12.0 Å². The SMILES string of the molecule is CC1(C(=O)O)CCN(C(=O)NCCCN2CCOCC2)C1. The van der Waals surface area contributed by atoms with E-state index in [1.54, 1.807) is 11.8 Å². The molecule has 0 bridgehead atoms. The summed E-state index contributed by atoms with van der Waals surface area (Å²) in [4.78, 5) is 27.1. The van der Waals surface area contributed by atoms with Gasteiger partial charge in [-0.05, 0) is 26.3 Å². The summed E-state index contributed by atoms with van der Waals surface area (Å²) in [5.41, 5.74) is -0.800. The fraction of sp³-hybridized carbons (Fsp3) is 0.857. The maximum Gasteiger partial charge on any atom is 0.317 e. The van der Waals surface area contributed by atoms with Gasteiger partial charge in [0, 0.05) is 32.7 Å². The molecule has 21 heavy (non-hydrogen) atoms. The Kier molecular flexibility index (Phi) is 5.41. The first-order chi connectivity index (χ1) is 10.0. The van der Waals surface area contributed by atoms with E-state index in [4.69, 9.17) is 9.84 Å². The first-order valence-electron chi connectivity index (χ1n) is 7.57. The highest BCUT2D eigenvalue weighted by molar-refractivity contribution is 5.79. The molecule has 2 aliphatic rings.